The average Bonchev–Trinajstić information content (AvgIpc) is 3.29. The number of Topliss-reactive ketones (excluding diaryl/α,β-unsaturated/α-hetero) is 1. The third-order valence-corrected chi connectivity index (χ3v) is 8.45. The predicted molar refractivity (Wildman–Crippen MR) is 144 cm³/mol. The van der Waals surface area contributed by atoms with Gasteiger partial charge in [-0.25, -0.2) is 4.79 Å². The summed E-state index contributed by atoms with van der Waals surface area (Å²) in [5.41, 5.74) is 4.05. The van der Waals surface area contributed by atoms with Crippen LogP contribution >= 0.6 is 0 Å². The molecule has 2 saturated carbocycles. The fraction of sp³-hybridized carbons (Fsp3) is 0.821. The lowest BCUT2D eigenvalue weighted by molar-refractivity contribution is -0.143. The summed E-state index contributed by atoms with van der Waals surface area (Å²) < 4.78 is 0. The van der Waals surface area contributed by atoms with Crippen molar-refractivity contribution in [2.24, 2.45) is 28.4 Å². The van der Waals surface area contributed by atoms with Crippen molar-refractivity contribution >= 4 is 29.5 Å². The van der Waals surface area contributed by atoms with Gasteiger partial charge >= 0.3 is 6.03 Å². The smallest absolute Gasteiger partial charge is 0.315 e. The van der Waals surface area contributed by atoms with E-state index in [9.17, 15) is 24.0 Å². The molecule has 3 unspecified atom stereocenters. The van der Waals surface area contributed by atoms with E-state index >= 15 is 0 Å². The topological polar surface area (TPSA) is 151 Å². The zero-order chi connectivity index (χ0) is 28.6. The molecule has 5 N–H and O–H groups in total. The van der Waals surface area contributed by atoms with Gasteiger partial charge in [-0.15, -0.1) is 0 Å². The number of ketones is 1. The number of likely N-dealkylation sites (tertiary alicyclic amines) is 1. The minimum Gasteiger partial charge on any atom is -0.363 e. The molecule has 38 heavy (non-hydrogen) atoms. The maximum absolute atomic E-state index is 14.0. The van der Waals surface area contributed by atoms with Gasteiger partial charge in [0, 0.05) is 12.1 Å². The average molecular weight is 534 g/mol. The van der Waals surface area contributed by atoms with Crippen LogP contribution in [0.3, 0.4) is 0 Å². The second kappa shape index (κ2) is 10.8. The van der Waals surface area contributed by atoms with Crippen LogP contribution in [0.1, 0.15) is 93.4 Å². The summed E-state index contributed by atoms with van der Waals surface area (Å²) in [5, 5.41) is 8.48. The zero-order valence-corrected chi connectivity index (χ0v) is 24.1. The van der Waals surface area contributed by atoms with Crippen LogP contribution < -0.4 is 21.7 Å². The lowest BCUT2D eigenvalue weighted by Crippen LogP contribution is -2.61. The van der Waals surface area contributed by atoms with Gasteiger partial charge < -0.3 is 26.6 Å². The van der Waals surface area contributed by atoms with Crippen molar-refractivity contribution in [2.75, 3.05) is 6.54 Å². The van der Waals surface area contributed by atoms with Crippen LogP contribution in [0.15, 0.2) is 0 Å². The van der Waals surface area contributed by atoms with E-state index in [1.807, 2.05) is 41.5 Å². The van der Waals surface area contributed by atoms with E-state index in [-0.39, 0.29) is 17.2 Å². The molecule has 0 aromatic carbocycles. The SMILES string of the molecule is CCC1CC12C[C@@H](C(=O)NC(CC1CCC1)C(=O)C(N)=O)N(C(=O)[C@@H](NC(=O)NC(C)(C)C)C(C)(C)C)C2. The van der Waals surface area contributed by atoms with Crippen LogP contribution in [-0.4, -0.2) is 64.6 Å². The summed E-state index contributed by atoms with van der Waals surface area (Å²) in [6.45, 7) is 13.7. The summed E-state index contributed by atoms with van der Waals surface area (Å²) in [7, 11) is 0. The van der Waals surface area contributed by atoms with Gasteiger partial charge in [0.05, 0.1) is 6.04 Å². The quantitative estimate of drug-likeness (QED) is 0.335. The minimum absolute atomic E-state index is 0.139. The Kier molecular flexibility index (Phi) is 8.53. The number of primary amides is 1. The molecule has 3 fully saturated rings. The second-order valence-corrected chi connectivity index (χ2v) is 13.8. The van der Waals surface area contributed by atoms with Gasteiger partial charge in [0.15, 0.2) is 0 Å². The summed E-state index contributed by atoms with van der Waals surface area (Å²) in [6.07, 6.45) is 5.71. The third-order valence-electron chi connectivity index (χ3n) is 8.45. The number of nitrogens with zero attached hydrogens (tertiary/aromatic N) is 1. The first-order valence-electron chi connectivity index (χ1n) is 14.0. The molecule has 0 radical (unpaired) electrons. The van der Waals surface area contributed by atoms with E-state index < -0.39 is 52.7 Å². The van der Waals surface area contributed by atoms with Crippen LogP contribution in [0.2, 0.25) is 0 Å². The molecule has 0 aromatic rings. The fourth-order valence-corrected chi connectivity index (χ4v) is 5.98. The van der Waals surface area contributed by atoms with Crippen molar-refractivity contribution < 1.29 is 24.0 Å². The number of carbonyl (C=O) groups is 5. The standard InChI is InChI=1S/C28H47N5O5/c1-8-17-13-28(17)14-19(23(36)30-18(20(34)22(29)35)12-16-10-9-11-16)33(15-28)24(37)21(26(2,3)4)31-25(38)32-27(5,6)7/h16-19,21H,8-15H2,1-7H3,(H2,29,35)(H,30,36)(H2,31,32,38)/t17?,18?,19-,21+,28?/m0/s1. The van der Waals surface area contributed by atoms with Gasteiger partial charge in [0.2, 0.25) is 17.6 Å². The van der Waals surface area contributed by atoms with Gasteiger partial charge in [-0.2, -0.15) is 0 Å². The number of hydrogen-bond donors (Lipinski definition) is 4. The molecule has 1 aliphatic heterocycles. The van der Waals surface area contributed by atoms with E-state index in [1.165, 1.54) is 0 Å². The van der Waals surface area contributed by atoms with Gasteiger partial charge in [0.25, 0.3) is 5.91 Å². The number of hydrogen-bond acceptors (Lipinski definition) is 5. The summed E-state index contributed by atoms with van der Waals surface area (Å²) in [5.74, 6) is -1.96. The fourth-order valence-electron chi connectivity index (χ4n) is 5.98. The molecule has 1 spiro atoms. The first-order chi connectivity index (χ1) is 17.5. The van der Waals surface area contributed by atoms with Crippen molar-refractivity contribution in [1.82, 2.24) is 20.9 Å². The molecular weight excluding hydrogens is 486 g/mol. The molecule has 3 aliphatic rings. The molecule has 0 aromatic heterocycles. The number of amides is 5. The Bertz CT molecular complexity index is 964. The highest BCUT2D eigenvalue weighted by atomic mass is 16.2. The maximum atomic E-state index is 14.0. The van der Waals surface area contributed by atoms with Crippen LogP contribution in [0.25, 0.3) is 0 Å². The summed E-state index contributed by atoms with van der Waals surface area (Å²) >= 11 is 0. The molecule has 0 bridgehead atoms. The lowest BCUT2D eigenvalue weighted by atomic mass is 9.80. The molecule has 10 nitrogen and oxygen atoms in total. The number of nitrogens with one attached hydrogen (secondary N) is 3. The van der Waals surface area contributed by atoms with Gasteiger partial charge in [-0.1, -0.05) is 53.4 Å². The van der Waals surface area contributed by atoms with Gasteiger partial charge in [-0.05, 0) is 62.7 Å². The highest BCUT2D eigenvalue weighted by molar-refractivity contribution is 6.37. The molecular formula is C28H47N5O5. The minimum atomic E-state index is -1.07. The van der Waals surface area contributed by atoms with Crippen LogP contribution in [0, 0.1) is 22.7 Å². The number of nitrogens with two attached hydrogens (primary N) is 1. The highest BCUT2D eigenvalue weighted by Crippen LogP contribution is 2.61. The molecule has 214 valence electrons. The second-order valence-electron chi connectivity index (χ2n) is 13.8. The molecule has 1 heterocycles. The maximum Gasteiger partial charge on any atom is 0.315 e. The Labute approximate surface area is 226 Å². The van der Waals surface area contributed by atoms with E-state index in [2.05, 4.69) is 22.9 Å². The molecule has 5 amide bonds. The Morgan fingerprint density at radius 3 is 2.08 bits per heavy atom. The van der Waals surface area contributed by atoms with Crippen molar-refractivity contribution in [3.05, 3.63) is 0 Å². The molecule has 5 atom stereocenters. The Morgan fingerprint density at radius 1 is 1.00 bits per heavy atom. The van der Waals surface area contributed by atoms with Crippen LogP contribution in [-0.2, 0) is 19.2 Å². The van der Waals surface area contributed by atoms with Crippen molar-refractivity contribution in [1.29, 1.82) is 0 Å². The largest absolute Gasteiger partial charge is 0.363 e. The highest BCUT2D eigenvalue weighted by Gasteiger charge is 2.62. The van der Waals surface area contributed by atoms with E-state index in [4.69, 9.17) is 5.73 Å². The van der Waals surface area contributed by atoms with Crippen molar-refractivity contribution in [3.8, 4) is 0 Å². The Morgan fingerprint density at radius 2 is 1.63 bits per heavy atom. The predicted octanol–water partition coefficient (Wildman–Crippen LogP) is 2.25. The Hall–Kier alpha value is -2.65. The monoisotopic (exact) mass is 533 g/mol. The van der Waals surface area contributed by atoms with Gasteiger partial charge in [0.1, 0.15) is 12.1 Å². The normalized spacial score (nSPS) is 26.8. The third kappa shape index (κ3) is 6.86. The summed E-state index contributed by atoms with van der Waals surface area (Å²) in [4.78, 5) is 66.3. The van der Waals surface area contributed by atoms with Gasteiger partial charge in [-0.3, -0.25) is 19.2 Å². The zero-order valence-electron chi connectivity index (χ0n) is 24.1. The number of rotatable bonds is 9. The van der Waals surface area contributed by atoms with Crippen molar-refractivity contribution in [3.63, 3.8) is 0 Å². The van der Waals surface area contributed by atoms with Crippen molar-refractivity contribution in [2.45, 2.75) is 117 Å². The molecule has 2 aliphatic carbocycles. The molecule has 3 rings (SSSR count). The first-order valence-corrected chi connectivity index (χ1v) is 14.0. The molecule has 1 saturated heterocycles. The summed E-state index contributed by atoms with van der Waals surface area (Å²) in [6, 6.07) is -3.10. The Balaban J connectivity index is 1.84. The van der Waals surface area contributed by atoms with E-state index in [0.717, 1.165) is 32.1 Å². The number of carbonyl (C=O) groups excluding carboxylic acids is 5. The first kappa shape index (κ1) is 29.9. The lowest BCUT2D eigenvalue weighted by Gasteiger charge is -2.36. The van der Waals surface area contributed by atoms with E-state index in [0.29, 0.717) is 25.3 Å². The van der Waals surface area contributed by atoms with Crippen LogP contribution in [0.4, 0.5) is 4.79 Å². The van der Waals surface area contributed by atoms with Crippen LogP contribution in [0.5, 0.6) is 0 Å². The molecule has 10 heteroatoms. The van der Waals surface area contributed by atoms with E-state index in [1.54, 1.807) is 4.90 Å². The number of urea groups is 1.